The Morgan fingerprint density at radius 3 is 2.50 bits per heavy atom. The minimum absolute atomic E-state index is 0.688. The van der Waals surface area contributed by atoms with E-state index in [1.165, 1.54) is 38.5 Å². The zero-order valence-electron chi connectivity index (χ0n) is 8.96. The molecular weight excluding hydrogens is 192 g/mol. The molecule has 0 aromatic heterocycles. The molecule has 2 rings (SSSR count). The van der Waals surface area contributed by atoms with Crippen molar-refractivity contribution < 1.29 is 0 Å². The summed E-state index contributed by atoms with van der Waals surface area (Å²) in [5.41, 5.74) is 0. The molecule has 0 aromatic carbocycles. The summed E-state index contributed by atoms with van der Waals surface area (Å²) in [6.45, 7) is 1.15. The first kappa shape index (κ1) is 10.2. The molecule has 2 aliphatic rings. The molecule has 0 aromatic rings. The van der Waals surface area contributed by atoms with Crippen LogP contribution in [0.1, 0.15) is 38.5 Å². The molecule has 0 unspecified atom stereocenters. The first-order valence-electron chi connectivity index (χ1n) is 5.77. The Balaban J connectivity index is 1.69. The van der Waals surface area contributed by atoms with Crippen LogP contribution in [0.4, 0.5) is 0 Å². The maximum absolute atomic E-state index is 5.34. The normalized spacial score (nSPS) is 22.4. The smallest absolute Gasteiger partial charge is 0.168 e. The third-order valence-electron chi connectivity index (χ3n) is 3.26. The molecule has 0 saturated heterocycles. The monoisotopic (exact) mass is 212 g/mol. The van der Waals surface area contributed by atoms with E-state index in [2.05, 4.69) is 17.3 Å². The number of nitrogens with zero attached hydrogens (tertiary/aromatic N) is 1. The second-order valence-electron chi connectivity index (χ2n) is 4.75. The van der Waals surface area contributed by atoms with Gasteiger partial charge < -0.3 is 10.2 Å². The maximum atomic E-state index is 5.34. The van der Waals surface area contributed by atoms with E-state index in [1.807, 2.05) is 0 Å². The van der Waals surface area contributed by atoms with Crippen molar-refractivity contribution in [3.63, 3.8) is 0 Å². The third kappa shape index (κ3) is 2.84. The van der Waals surface area contributed by atoms with Crippen molar-refractivity contribution >= 4 is 17.3 Å². The Morgan fingerprint density at radius 2 is 1.93 bits per heavy atom. The summed E-state index contributed by atoms with van der Waals surface area (Å²) < 4.78 is 0. The van der Waals surface area contributed by atoms with E-state index in [9.17, 15) is 0 Å². The molecule has 2 fully saturated rings. The Bertz CT molecular complexity index is 207. The minimum atomic E-state index is 0.688. The fourth-order valence-corrected chi connectivity index (χ4v) is 2.42. The van der Waals surface area contributed by atoms with E-state index in [0.717, 1.165) is 17.6 Å². The Hall–Kier alpha value is -0.310. The maximum Gasteiger partial charge on any atom is 0.168 e. The highest BCUT2D eigenvalue weighted by atomic mass is 32.1. The highest BCUT2D eigenvalue weighted by molar-refractivity contribution is 7.80. The van der Waals surface area contributed by atoms with Gasteiger partial charge in [-0.15, -0.1) is 0 Å². The molecular formula is C11H20N2S. The van der Waals surface area contributed by atoms with Gasteiger partial charge in [0.2, 0.25) is 0 Å². The van der Waals surface area contributed by atoms with Crippen molar-refractivity contribution in [1.82, 2.24) is 10.2 Å². The van der Waals surface area contributed by atoms with E-state index in [0.29, 0.717) is 6.04 Å². The van der Waals surface area contributed by atoms with Crippen LogP contribution in [0.5, 0.6) is 0 Å². The highest BCUT2D eigenvalue weighted by Crippen LogP contribution is 2.25. The summed E-state index contributed by atoms with van der Waals surface area (Å²) in [6.07, 6.45) is 8.24. The van der Waals surface area contributed by atoms with Crippen molar-refractivity contribution in [2.75, 3.05) is 13.6 Å². The van der Waals surface area contributed by atoms with Gasteiger partial charge in [-0.25, -0.2) is 0 Å². The molecule has 0 atom stereocenters. The van der Waals surface area contributed by atoms with Gasteiger partial charge in [-0.1, -0.05) is 12.8 Å². The van der Waals surface area contributed by atoms with Crippen LogP contribution in [-0.2, 0) is 0 Å². The van der Waals surface area contributed by atoms with Gasteiger partial charge in [0, 0.05) is 19.6 Å². The molecule has 0 radical (unpaired) electrons. The fraction of sp³-hybridized carbons (Fsp3) is 0.909. The van der Waals surface area contributed by atoms with Crippen molar-refractivity contribution in [1.29, 1.82) is 0 Å². The zero-order valence-corrected chi connectivity index (χ0v) is 9.78. The Morgan fingerprint density at radius 1 is 1.29 bits per heavy atom. The Kier molecular flexibility index (Phi) is 3.26. The van der Waals surface area contributed by atoms with Gasteiger partial charge in [-0.3, -0.25) is 0 Å². The summed E-state index contributed by atoms with van der Waals surface area (Å²) in [5.74, 6) is 0.888. The summed E-state index contributed by atoms with van der Waals surface area (Å²) in [5, 5.41) is 4.34. The number of thiocarbonyl (C=S) groups is 1. The van der Waals surface area contributed by atoms with Gasteiger partial charge in [-0.2, -0.15) is 0 Å². The standard InChI is InChI=1S/C11H20N2S/c1-13(8-9-4-2-3-5-9)11(14)12-10-6-7-10/h9-10H,2-8H2,1H3,(H,12,14). The molecule has 2 nitrogen and oxygen atoms in total. The molecule has 2 aliphatic carbocycles. The van der Waals surface area contributed by atoms with Crippen LogP contribution >= 0.6 is 12.2 Å². The van der Waals surface area contributed by atoms with Gasteiger partial charge in [0.25, 0.3) is 0 Å². The molecule has 0 amide bonds. The van der Waals surface area contributed by atoms with Gasteiger partial charge >= 0.3 is 0 Å². The molecule has 2 saturated carbocycles. The third-order valence-corrected chi connectivity index (χ3v) is 3.69. The van der Waals surface area contributed by atoms with E-state index in [1.54, 1.807) is 0 Å². The van der Waals surface area contributed by atoms with Crippen LogP contribution in [0.2, 0.25) is 0 Å². The van der Waals surface area contributed by atoms with Crippen LogP contribution in [0.25, 0.3) is 0 Å². The summed E-state index contributed by atoms with van der Waals surface area (Å²) in [4.78, 5) is 2.23. The van der Waals surface area contributed by atoms with E-state index < -0.39 is 0 Å². The predicted octanol–water partition coefficient (Wildman–Crippen LogP) is 2.15. The van der Waals surface area contributed by atoms with Crippen molar-refractivity contribution in [2.24, 2.45) is 5.92 Å². The molecule has 3 heteroatoms. The first-order chi connectivity index (χ1) is 6.75. The number of nitrogens with one attached hydrogen (secondary N) is 1. The average Bonchev–Trinajstić information content (AvgIpc) is 2.81. The van der Waals surface area contributed by atoms with Crippen molar-refractivity contribution in [2.45, 2.75) is 44.6 Å². The number of hydrogen-bond acceptors (Lipinski definition) is 1. The molecule has 0 spiro atoms. The van der Waals surface area contributed by atoms with Gasteiger partial charge in [0.15, 0.2) is 5.11 Å². The van der Waals surface area contributed by atoms with E-state index in [4.69, 9.17) is 12.2 Å². The lowest BCUT2D eigenvalue weighted by molar-refractivity contribution is 0.384. The first-order valence-corrected chi connectivity index (χ1v) is 6.18. The lowest BCUT2D eigenvalue weighted by atomic mass is 10.1. The van der Waals surface area contributed by atoms with Gasteiger partial charge in [0.05, 0.1) is 0 Å². The quantitative estimate of drug-likeness (QED) is 0.722. The average molecular weight is 212 g/mol. The van der Waals surface area contributed by atoms with Crippen LogP contribution in [0.3, 0.4) is 0 Å². The molecule has 0 heterocycles. The largest absolute Gasteiger partial charge is 0.360 e. The summed E-state index contributed by atoms with van der Waals surface area (Å²) in [6, 6.07) is 0.688. The molecule has 80 valence electrons. The van der Waals surface area contributed by atoms with Crippen LogP contribution in [-0.4, -0.2) is 29.6 Å². The number of rotatable bonds is 3. The fourth-order valence-electron chi connectivity index (χ4n) is 2.18. The van der Waals surface area contributed by atoms with Crippen molar-refractivity contribution in [3.8, 4) is 0 Å². The highest BCUT2D eigenvalue weighted by Gasteiger charge is 2.24. The predicted molar refractivity (Wildman–Crippen MR) is 63.3 cm³/mol. The zero-order chi connectivity index (χ0) is 9.97. The van der Waals surface area contributed by atoms with Crippen LogP contribution in [0, 0.1) is 5.92 Å². The second-order valence-corrected chi connectivity index (χ2v) is 5.14. The molecule has 0 aliphatic heterocycles. The number of hydrogen-bond donors (Lipinski definition) is 1. The minimum Gasteiger partial charge on any atom is -0.360 e. The van der Waals surface area contributed by atoms with E-state index >= 15 is 0 Å². The lowest BCUT2D eigenvalue weighted by Crippen LogP contribution is -2.40. The van der Waals surface area contributed by atoms with Crippen molar-refractivity contribution in [3.05, 3.63) is 0 Å². The summed E-state index contributed by atoms with van der Waals surface area (Å²) >= 11 is 5.34. The second kappa shape index (κ2) is 4.47. The van der Waals surface area contributed by atoms with Crippen LogP contribution < -0.4 is 5.32 Å². The van der Waals surface area contributed by atoms with Gasteiger partial charge in [-0.05, 0) is 43.8 Å². The van der Waals surface area contributed by atoms with E-state index in [-0.39, 0.29) is 0 Å². The van der Waals surface area contributed by atoms with Crippen LogP contribution in [0.15, 0.2) is 0 Å². The van der Waals surface area contributed by atoms with Gasteiger partial charge in [0.1, 0.15) is 0 Å². The molecule has 14 heavy (non-hydrogen) atoms. The summed E-state index contributed by atoms with van der Waals surface area (Å²) in [7, 11) is 2.12. The SMILES string of the molecule is CN(CC1CCCC1)C(=S)NC1CC1. The Labute approximate surface area is 92.0 Å². The molecule has 1 N–H and O–H groups in total. The topological polar surface area (TPSA) is 15.3 Å². The lowest BCUT2D eigenvalue weighted by Gasteiger charge is -2.24. The molecule has 0 bridgehead atoms.